The highest BCUT2D eigenvalue weighted by atomic mass is 35.5. The maximum Gasteiger partial charge on any atom is 0.216 e. The molecule has 6 nitrogen and oxygen atoms in total. The lowest BCUT2D eigenvalue weighted by Gasteiger charge is -2.22. The summed E-state index contributed by atoms with van der Waals surface area (Å²) in [4.78, 5) is 24.2. The summed E-state index contributed by atoms with van der Waals surface area (Å²) >= 11 is 7.43. The number of carbonyl (C=O) groups is 2. The fourth-order valence-corrected chi connectivity index (χ4v) is 5.34. The number of thioether (sulfide) groups is 1. The third kappa shape index (κ3) is 6.27. The van der Waals surface area contributed by atoms with E-state index < -0.39 is 0 Å². The summed E-state index contributed by atoms with van der Waals surface area (Å²) in [7, 11) is 0. The van der Waals surface area contributed by atoms with E-state index >= 15 is 0 Å². The maximum absolute atomic E-state index is 12.9. The van der Waals surface area contributed by atoms with E-state index in [2.05, 4.69) is 27.6 Å². The molecular formula is C26H29ClN4O2S. The van der Waals surface area contributed by atoms with E-state index in [0.717, 1.165) is 11.3 Å². The molecule has 0 bridgehead atoms. The Morgan fingerprint density at radius 2 is 1.74 bits per heavy atom. The zero-order valence-corrected chi connectivity index (χ0v) is 20.9. The first-order valence-corrected chi connectivity index (χ1v) is 13.1. The Hall–Kier alpha value is -2.64. The third-order valence-corrected chi connectivity index (χ3v) is 7.33. The number of amides is 1. The van der Waals surface area contributed by atoms with E-state index in [-0.39, 0.29) is 17.4 Å². The van der Waals surface area contributed by atoms with Crippen LogP contribution in [0.4, 0.5) is 0 Å². The first-order valence-electron chi connectivity index (χ1n) is 11.7. The monoisotopic (exact) mass is 496 g/mol. The minimum absolute atomic E-state index is 0.0608. The number of halogens is 1. The molecule has 8 heteroatoms. The second-order valence-electron chi connectivity index (χ2n) is 8.61. The smallest absolute Gasteiger partial charge is 0.216 e. The van der Waals surface area contributed by atoms with Crippen LogP contribution in [0.2, 0.25) is 5.02 Å². The molecule has 1 aliphatic carbocycles. The molecule has 0 spiro atoms. The SMILES string of the molecule is CC(=O)NCCc1nnc(SCC(=O)c2ccc(C3CCCCC3)cc2)n1-c1ccc(Cl)cc1. The molecular weight excluding hydrogens is 468 g/mol. The molecule has 3 aromatic rings. The number of aromatic nitrogens is 3. The standard InChI is InChI=1S/C26H29ClN4O2S/c1-18(32)28-16-15-25-29-30-26(31(25)23-13-11-22(27)12-14-23)34-17-24(33)21-9-7-20(8-10-21)19-5-3-2-4-6-19/h7-14,19H,2-6,15-17H2,1H3,(H,28,32). The second kappa shape index (κ2) is 11.7. The average molecular weight is 497 g/mol. The van der Waals surface area contributed by atoms with Gasteiger partial charge in [0, 0.05) is 36.2 Å². The van der Waals surface area contributed by atoms with E-state index in [1.165, 1.54) is 56.4 Å². The highest BCUT2D eigenvalue weighted by molar-refractivity contribution is 7.99. The van der Waals surface area contributed by atoms with Gasteiger partial charge in [-0.3, -0.25) is 14.2 Å². The first kappa shape index (κ1) is 24.5. The van der Waals surface area contributed by atoms with E-state index in [4.69, 9.17) is 11.6 Å². The van der Waals surface area contributed by atoms with Crippen molar-refractivity contribution in [3.8, 4) is 5.69 Å². The van der Waals surface area contributed by atoms with Crippen LogP contribution >= 0.6 is 23.4 Å². The van der Waals surface area contributed by atoms with Gasteiger partial charge in [-0.2, -0.15) is 0 Å². The first-order chi connectivity index (χ1) is 16.5. The molecule has 1 N–H and O–H groups in total. The summed E-state index contributed by atoms with van der Waals surface area (Å²) < 4.78 is 1.92. The fourth-order valence-electron chi connectivity index (χ4n) is 4.35. The van der Waals surface area contributed by atoms with Gasteiger partial charge in [-0.05, 0) is 48.6 Å². The summed E-state index contributed by atoms with van der Waals surface area (Å²) in [6.07, 6.45) is 6.93. The van der Waals surface area contributed by atoms with Crippen molar-refractivity contribution in [1.29, 1.82) is 0 Å². The number of hydrogen-bond acceptors (Lipinski definition) is 5. The summed E-state index contributed by atoms with van der Waals surface area (Å²) in [5, 5.41) is 12.7. The van der Waals surface area contributed by atoms with Crippen molar-refractivity contribution in [2.45, 2.75) is 56.5 Å². The second-order valence-corrected chi connectivity index (χ2v) is 9.99. The fraction of sp³-hybridized carbons (Fsp3) is 0.385. The number of nitrogens with one attached hydrogen (secondary N) is 1. The molecule has 1 fully saturated rings. The lowest BCUT2D eigenvalue weighted by Crippen LogP contribution is -2.23. The maximum atomic E-state index is 12.9. The van der Waals surface area contributed by atoms with Gasteiger partial charge in [-0.15, -0.1) is 10.2 Å². The van der Waals surface area contributed by atoms with Crippen LogP contribution < -0.4 is 5.32 Å². The Balaban J connectivity index is 1.46. The molecule has 0 atom stereocenters. The molecule has 0 unspecified atom stereocenters. The quantitative estimate of drug-likeness (QED) is 0.307. The Bertz CT molecular complexity index is 1120. The highest BCUT2D eigenvalue weighted by Gasteiger charge is 2.18. The largest absolute Gasteiger partial charge is 0.356 e. The van der Waals surface area contributed by atoms with Gasteiger partial charge in [0.1, 0.15) is 5.82 Å². The Labute approximate surface area is 209 Å². The van der Waals surface area contributed by atoms with Crippen molar-refractivity contribution in [2.24, 2.45) is 0 Å². The van der Waals surface area contributed by atoms with E-state index in [0.29, 0.717) is 34.9 Å². The number of nitrogens with zero attached hydrogens (tertiary/aromatic N) is 3. The predicted octanol–water partition coefficient (Wildman–Crippen LogP) is 5.62. The summed E-state index contributed by atoms with van der Waals surface area (Å²) in [6, 6.07) is 15.5. The van der Waals surface area contributed by atoms with Gasteiger partial charge in [0.2, 0.25) is 5.91 Å². The summed E-state index contributed by atoms with van der Waals surface area (Å²) in [6.45, 7) is 1.94. The number of hydrogen-bond donors (Lipinski definition) is 1. The van der Waals surface area contributed by atoms with E-state index in [1.54, 1.807) is 0 Å². The molecule has 1 aliphatic rings. The Morgan fingerprint density at radius 1 is 1.03 bits per heavy atom. The van der Waals surface area contributed by atoms with Crippen molar-refractivity contribution in [1.82, 2.24) is 20.1 Å². The highest BCUT2D eigenvalue weighted by Crippen LogP contribution is 2.32. The van der Waals surface area contributed by atoms with Crippen molar-refractivity contribution in [3.63, 3.8) is 0 Å². The topological polar surface area (TPSA) is 76.9 Å². The molecule has 4 rings (SSSR count). The molecule has 0 aliphatic heterocycles. The number of benzene rings is 2. The van der Waals surface area contributed by atoms with Crippen LogP contribution in [0.5, 0.6) is 0 Å². The van der Waals surface area contributed by atoms with Crippen LogP contribution in [0.25, 0.3) is 5.69 Å². The average Bonchev–Trinajstić information content (AvgIpc) is 3.26. The zero-order chi connectivity index (χ0) is 23.9. The Kier molecular flexibility index (Phi) is 8.40. The lowest BCUT2D eigenvalue weighted by atomic mass is 9.84. The molecule has 1 heterocycles. The third-order valence-electron chi connectivity index (χ3n) is 6.15. The number of ketones is 1. The lowest BCUT2D eigenvalue weighted by molar-refractivity contribution is -0.118. The molecule has 2 aromatic carbocycles. The number of carbonyl (C=O) groups excluding carboxylic acids is 2. The van der Waals surface area contributed by atoms with Crippen molar-refractivity contribution in [3.05, 3.63) is 70.5 Å². The number of rotatable bonds is 9. The summed E-state index contributed by atoms with van der Waals surface area (Å²) in [5.41, 5.74) is 2.92. The normalized spacial score (nSPS) is 14.2. The molecule has 0 saturated heterocycles. The van der Waals surface area contributed by atoms with Gasteiger partial charge in [-0.1, -0.05) is 66.9 Å². The van der Waals surface area contributed by atoms with Crippen LogP contribution in [-0.4, -0.2) is 38.8 Å². The van der Waals surface area contributed by atoms with Crippen molar-refractivity contribution < 1.29 is 9.59 Å². The van der Waals surface area contributed by atoms with Gasteiger partial charge in [0.15, 0.2) is 10.9 Å². The molecule has 0 radical (unpaired) electrons. The van der Waals surface area contributed by atoms with Crippen LogP contribution in [0.15, 0.2) is 53.7 Å². The molecule has 1 amide bonds. The van der Waals surface area contributed by atoms with E-state index in [1.807, 2.05) is 41.0 Å². The molecule has 1 saturated carbocycles. The molecule has 1 aromatic heterocycles. The molecule has 34 heavy (non-hydrogen) atoms. The van der Waals surface area contributed by atoms with Crippen LogP contribution in [0.3, 0.4) is 0 Å². The van der Waals surface area contributed by atoms with Crippen molar-refractivity contribution in [2.75, 3.05) is 12.3 Å². The zero-order valence-electron chi connectivity index (χ0n) is 19.3. The Morgan fingerprint density at radius 3 is 2.41 bits per heavy atom. The van der Waals surface area contributed by atoms with Gasteiger partial charge >= 0.3 is 0 Å². The minimum atomic E-state index is -0.0905. The van der Waals surface area contributed by atoms with Gasteiger partial charge < -0.3 is 5.32 Å². The van der Waals surface area contributed by atoms with Crippen LogP contribution in [0.1, 0.15) is 66.7 Å². The molecule has 178 valence electrons. The number of Topliss-reactive ketones (excluding diaryl/α,β-unsaturated/α-hetero) is 1. The van der Waals surface area contributed by atoms with Crippen molar-refractivity contribution >= 4 is 35.1 Å². The summed E-state index contributed by atoms with van der Waals surface area (Å²) in [5.74, 6) is 1.57. The van der Waals surface area contributed by atoms with Gasteiger partial charge in [0.25, 0.3) is 0 Å². The van der Waals surface area contributed by atoms with Crippen LogP contribution in [0, 0.1) is 0 Å². The van der Waals surface area contributed by atoms with Crippen LogP contribution in [-0.2, 0) is 11.2 Å². The predicted molar refractivity (Wildman–Crippen MR) is 136 cm³/mol. The van der Waals surface area contributed by atoms with Gasteiger partial charge in [-0.25, -0.2) is 0 Å². The van der Waals surface area contributed by atoms with E-state index in [9.17, 15) is 9.59 Å². The minimum Gasteiger partial charge on any atom is -0.356 e. The van der Waals surface area contributed by atoms with Gasteiger partial charge in [0.05, 0.1) is 5.75 Å².